The molecule has 0 aliphatic heterocycles. The number of benzene rings is 1. The van der Waals surface area contributed by atoms with E-state index in [0.29, 0.717) is 5.92 Å². The van der Waals surface area contributed by atoms with E-state index < -0.39 is 0 Å². The van der Waals surface area contributed by atoms with Gasteiger partial charge in [0.1, 0.15) is 0 Å². The molecule has 0 aromatic heterocycles. The number of nitrogens with one attached hydrogen (secondary N) is 1. The first kappa shape index (κ1) is 13.2. The van der Waals surface area contributed by atoms with Gasteiger partial charge in [0.05, 0.1) is 13.2 Å². The summed E-state index contributed by atoms with van der Waals surface area (Å²) in [6.07, 6.45) is 6.96. The molecule has 1 aromatic carbocycles. The predicted octanol–water partition coefficient (Wildman–Crippen LogP) is 3.72. The third kappa shape index (κ3) is 4.19. The maximum Gasteiger partial charge on any atom is 0.0639 e. The zero-order valence-corrected chi connectivity index (χ0v) is 11.1. The molecule has 0 radical (unpaired) electrons. The molecule has 0 amide bonds. The fraction of sp³-hybridized carbons (Fsp3) is 0.500. The van der Waals surface area contributed by atoms with E-state index in [-0.39, 0.29) is 0 Å². The normalized spacial score (nSPS) is 22.9. The van der Waals surface area contributed by atoms with Crippen molar-refractivity contribution in [2.24, 2.45) is 11.8 Å². The Labute approximate surface area is 110 Å². The van der Waals surface area contributed by atoms with Gasteiger partial charge in [-0.1, -0.05) is 37.3 Å². The first-order valence-corrected chi connectivity index (χ1v) is 6.88. The number of anilines is 1. The number of hydrogen-bond acceptors (Lipinski definition) is 2. The molecule has 0 heterocycles. The topological polar surface area (TPSA) is 21.3 Å². The van der Waals surface area contributed by atoms with Gasteiger partial charge >= 0.3 is 0 Å². The third-order valence-corrected chi connectivity index (χ3v) is 3.60. The van der Waals surface area contributed by atoms with Crippen molar-refractivity contribution < 1.29 is 4.74 Å². The minimum Gasteiger partial charge on any atom is -0.383 e. The van der Waals surface area contributed by atoms with Crippen LogP contribution in [0.15, 0.2) is 42.5 Å². The van der Waals surface area contributed by atoms with Crippen molar-refractivity contribution in [1.29, 1.82) is 0 Å². The summed E-state index contributed by atoms with van der Waals surface area (Å²) in [5, 5.41) is 3.35. The molecular weight excluding hydrogens is 222 g/mol. The monoisotopic (exact) mass is 245 g/mol. The first-order valence-electron chi connectivity index (χ1n) is 6.88. The van der Waals surface area contributed by atoms with Crippen LogP contribution in [0, 0.1) is 11.8 Å². The molecule has 0 saturated carbocycles. The van der Waals surface area contributed by atoms with Crippen LogP contribution in [-0.4, -0.2) is 19.8 Å². The summed E-state index contributed by atoms with van der Waals surface area (Å²) in [5.74, 6) is 1.46. The molecule has 2 unspecified atom stereocenters. The molecule has 0 bridgehead atoms. The molecule has 2 rings (SSSR count). The van der Waals surface area contributed by atoms with Crippen molar-refractivity contribution >= 4 is 5.69 Å². The molecule has 1 aromatic rings. The molecule has 1 N–H and O–H groups in total. The van der Waals surface area contributed by atoms with E-state index in [1.807, 2.05) is 18.2 Å². The fourth-order valence-electron chi connectivity index (χ4n) is 2.30. The molecule has 0 saturated heterocycles. The first-order chi connectivity index (χ1) is 8.86. The molecule has 18 heavy (non-hydrogen) atoms. The number of ether oxygens (including phenoxy) is 1. The van der Waals surface area contributed by atoms with Crippen LogP contribution >= 0.6 is 0 Å². The lowest BCUT2D eigenvalue weighted by Gasteiger charge is -2.24. The summed E-state index contributed by atoms with van der Waals surface area (Å²) in [6.45, 7) is 4.87. The minimum absolute atomic E-state index is 0.701. The van der Waals surface area contributed by atoms with E-state index in [1.54, 1.807) is 0 Å². The van der Waals surface area contributed by atoms with E-state index in [1.165, 1.54) is 12.8 Å². The smallest absolute Gasteiger partial charge is 0.0639 e. The van der Waals surface area contributed by atoms with Crippen molar-refractivity contribution in [3.63, 3.8) is 0 Å². The second-order valence-corrected chi connectivity index (χ2v) is 5.05. The maximum absolute atomic E-state index is 5.77. The second-order valence-electron chi connectivity index (χ2n) is 5.05. The Morgan fingerprint density at radius 3 is 2.72 bits per heavy atom. The third-order valence-electron chi connectivity index (χ3n) is 3.60. The lowest BCUT2D eigenvalue weighted by molar-refractivity contribution is 0.0860. The number of rotatable bonds is 6. The van der Waals surface area contributed by atoms with Crippen molar-refractivity contribution in [2.45, 2.75) is 19.8 Å². The largest absolute Gasteiger partial charge is 0.383 e. The van der Waals surface area contributed by atoms with Crippen LogP contribution in [0.25, 0.3) is 0 Å². The van der Waals surface area contributed by atoms with E-state index in [9.17, 15) is 0 Å². The Kier molecular flexibility index (Phi) is 5.28. The van der Waals surface area contributed by atoms with Crippen LogP contribution < -0.4 is 5.32 Å². The maximum atomic E-state index is 5.77. The van der Waals surface area contributed by atoms with Crippen LogP contribution in [0.3, 0.4) is 0 Å². The molecule has 1 aliphatic rings. The lowest BCUT2D eigenvalue weighted by Crippen LogP contribution is -2.21. The minimum atomic E-state index is 0.701. The van der Waals surface area contributed by atoms with Crippen LogP contribution in [0.1, 0.15) is 19.8 Å². The van der Waals surface area contributed by atoms with Crippen molar-refractivity contribution in [3.8, 4) is 0 Å². The van der Waals surface area contributed by atoms with Crippen LogP contribution in [-0.2, 0) is 4.74 Å². The van der Waals surface area contributed by atoms with Gasteiger partial charge in [0, 0.05) is 12.2 Å². The Morgan fingerprint density at radius 1 is 1.17 bits per heavy atom. The quantitative estimate of drug-likeness (QED) is 0.609. The van der Waals surface area contributed by atoms with Gasteiger partial charge < -0.3 is 10.1 Å². The van der Waals surface area contributed by atoms with Crippen LogP contribution in [0.4, 0.5) is 5.69 Å². The zero-order valence-electron chi connectivity index (χ0n) is 11.1. The van der Waals surface area contributed by atoms with Gasteiger partial charge in [0.15, 0.2) is 0 Å². The molecule has 0 fully saturated rings. The van der Waals surface area contributed by atoms with Gasteiger partial charge in [-0.15, -0.1) is 0 Å². The van der Waals surface area contributed by atoms with Crippen molar-refractivity contribution in [3.05, 3.63) is 42.5 Å². The summed E-state index contributed by atoms with van der Waals surface area (Å²) in [5.41, 5.74) is 1.16. The van der Waals surface area contributed by atoms with Crippen LogP contribution in [0.5, 0.6) is 0 Å². The highest BCUT2D eigenvalue weighted by atomic mass is 16.5. The average Bonchev–Trinajstić information content (AvgIpc) is 2.42. The second kappa shape index (κ2) is 7.22. The Morgan fingerprint density at radius 2 is 1.94 bits per heavy atom. The highest BCUT2D eigenvalue weighted by molar-refractivity contribution is 5.42. The highest BCUT2D eigenvalue weighted by Crippen LogP contribution is 2.24. The molecule has 2 heteroatoms. The van der Waals surface area contributed by atoms with Gasteiger partial charge in [-0.25, -0.2) is 0 Å². The van der Waals surface area contributed by atoms with Crippen molar-refractivity contribution in [2.75, 3.05) is 25.1 Å². The number of para-hydroxylation sites is 1. The summed E-state index contributed by atoms with van der Waals surface area (Å²) in [6, 6.07) is 10.3. The zero-order chi connectivity index (χ0) is 12.6. The Hall–Kier alpha value is -1.28. The molecule has 1 aliphatic carbocycles. The summed E-state index contributed by atoms with van der Waals surface area (Å²) >= 11 is 0. The van der Waals surface area contributed by atoms with Gasteiger partial charge in [-0.3, -0.25) is 0 Å². The van der Waals surface area contributed by atoms with E-state index in [2.05, 4.69) is 36.5 Å². The summed E-state index contributed by atoms with van der Waals surface area (Å²) in [4.78, 5) is 0. The molecule has 0 spiro atoms. The lowest BCUT2D eigenvalue weighted by atomic mass is 9.85. The Balaban J connectivity index is 1.57. The predicted molar refractivity (Wildman–Crippen MR) is 76.8 cm³/mol. The van der Waals surface area contributed by atoms with Gasteiger partial charge in [-0.05, 0) is 36.8 Å². The van der Waals surface area contributed by atoms with Crippen LogP contribution in [0.2, 0.25) is 0 Å². The standard InChI is InChI=1S/C16H23NO/c1-14-7-5-6-8-15(14)13-18-12-11-17-16-9-3-2-4-10-16/h2-6,9-10,14-15,17H,7-8,11-13H2,1H3. The van der Waals surface area contributed by atoms with Crippen molar-refractivity contribution in [1.82, 2.24) is 0 Å². The van der Waals surface area contributed by atoms with Gasteiger partial charge in [0.25, 0.3) is 0 Å². The highest BCUT2D eigenvalue weighted by Gasteiger charge is 2.17. The summed E-state index contributed by atoms with van der Waals surface area (Å²) in [7, 11) is 0. The number of hydrogen-bond donors (Lipinski definition) is 1. The molecule has 2 atom stereocenters. The molecule has 2 nitrogen and oxygen atoms in total. The fourth-order valence-corrected chi connectivity index (χ4v) is 2.30. The van der Waals surface area contributed by atoms with Gasteiger partial charge in [-0.2, -0.15) is 0 Å². The van der Waals surface area contributed by atoms with Gasteiger partial charge in [0.2, 0.25) is 0 Å². The molecular formula is C16H23NO. The Bertz CT molecular complexity index is 361. The molecule has 98 valence electrons. The average molecular weight is 245 g/mol. The number of allylic oxidation sites excluding steroid dienone is 2. The van der Waals surface area contributed by atoms with E-state index in [0.717, 1.165) is 31.4 Å². The van der Waals surface area contributed by atoms with E-state index >= 15 is 0 Å². The van der Waals surface area contributed by atoms with E-state index in [4.69, 9.17) is 4.74 Å². The summed E-state index contributed by atoms with van der Waals surface area (Å²) < 4.78 is 5.77. The SMILES string of the molecule is CC1CC=CCC1COCCNc1ccccc1.